The molecule has 2 heterocycles. The molecule has 0 saturated carbocycles. The summed E-state index contributed by atoms with van der Waals surface area (Å²) in [7, 11) is 0. The number of benzene rings is 2. The van der Waals surface area contributed by atoms with Crippen molar-refractivity contribution < 1.29 is 40.7 Å². The van der Waals surface area contributed by atoms with E-state index in [1.54, 1.807) is 60.0 Å². The number of halogens is 6. The summed E-state index contributed by atoms with van der Waals surface area (Å²) in [6.45, 7) is 6.50. The summed E-state index contributed by atoms with van der Waals surface area (Å²) in [6, 6.07) is 9.58. The zero-order chi connectivity index (χ0) is 32.9. The zero-order valence-electron chi connectivity index (χ0n) is 24.6. The lowest BCUT2D eigenvalue weighted by molar-refractivity contribution is -0.123. The van der Waals surface area contributed by atoms with Crippen LogP contribution in [0, 0.1) is 12.8 Å². The Labute approximate surface area is 255 Å². The molecule has 2 amide bonds. The minimum Gasteiger partial charge on any atom is -0.462 e. The molecule has 0 spiro atoms. The second-order valence-corrected chi connectivity index (χ2v) is 10.8. The maximum atomic E-state index is 13.1. The predicted octanol–water partition coefficient (Wildman–Crippen LogP) is 7.15. The molecule has 0 bridgehead atoms. The van der Waals surface area contributed by atoms with Crippen LogP contribution in [0.15, 0.2) is 78.7 Å². The molecular weight excluding hydrogens is 602 g/mol. The van der Waals surface area contributed by atoms with E-state index in [1.807, 2.05) is 5.32 Å². The van der Waals surface area contributed by atoms with Gasteiger partial charge in [-0.1, -0.05) is 18.7 Å². The molecule has 1 aromatic heterocycles. The molecule has 240 valence electrons. The Morgan fingerprint density at radius 3 is 2.36 bits per heavy atom. The molecule has 1 fully saturated rings. The number of aromatic nitrogens is 2. The highest BCUT2D eigenvalue weighted by Crippen LogP contribution is 2.26. The number of aryl methyl sites for hydroxylation is 1. The number of rotatable bonds is 9. The molecule has 0 atom stereocenters. The highest BCUT2D eigenvalue weighted by molar-refractivity contribution is 6.00. The van der Waals surface area contributed by atoms with Crippen molar-refractivity contribution in [1.29, 1.82) is 0 Å². The maximum absolute atomic E-state index is 13.1. The number of amides is 2. The van der Waals surface area contributed by atoms with Gasteiger partial charge in [0.05, 0.1) is 5.52 Å². The molecule has 1 aliphatic heterocycles. The largest absolute Gasteiger partial charge is 0.462 e. The van der Waals surface area contributed by atoms with E-state index in [0.29, 0.717) is 53.2 Å². The lowest BCUT2D eigenvalue weighted by Gasteiger charge is -2.32. The molecule has 0 radical (unpaired) electrons. The van der Waals surface area contributed by atoms with Gasteiger partial charge in [0.1, 0.15) is 18.1 Å². The van der Waals surface area contributed by atoms with Crippen LogP contribution in [-0.4, -0.2) is 58.5 Å². The van der Waals surface area contributed by atoms with Crippen LogP contribution in [0.3, 0.4) is 0 Å². The van der Waals surface area contributed by atoms with Gasteiger partial charge >= 0.3 is 12.4 Å². The van der Waals surface area contributed by atoms with Gasteiger partial charge in [-0.15, -0.1) is 0 Å². The van der Waals surface area contributed by atoms with E-state index in [4.69, 9.17) is 4.74 Å². The molecule has 1 N–H and O–H groups in total. The summed E-state index contributed by atoms with van der Waals surface area (Å²) in [5, 5.41) is 7.16. The fourth-order valence-electron chi connectivity index (χ4n) is 4.94. The molecule has 13 heteroatoms. The first-order chi connectivity index (χ1) is 21.1. The third-order valence-electron chi connectivity index (χ3n) is 7.42. The monoisotopic (exact) mass is 634 g/mol. The third kappa shape index (κ3) is 8.99. The van der Waals surface area contributed by atoms with Gasteiger partial charge in [0, 0.05) is 47.9 Å². The Balaban J connectivity index is 1.29. The fraction of sp³-hybridized carbons (Fsp3) is 0.344. The number of likely N-dealkylation sites (tertiary alicyclic amines) is 1. The van der Waals surface area contributed by atoms with Crippen LogP contribution in [0.25, 0.3) is 10.9 Å². The molecular formula is C32H32F6N4O3. The Kier molecular flexibility index (Phi) is 10.1. The van der Waals surface area contributed by atoms with E-state index < -0.39 is 30.4 Å². The second-order valence-electron chi connectivity index (χ2n) is 10.8. The minimum atomic E-state index is -4.50. The van der Waals surface area contributed by atoms with Gasteiger partial charge in [-0.05, 0) is 80.6 Å². The number of ether oxygens (including phenoxy) is 1. The SMILES string of the molecule is C=C(/C=C\C=C(/C)Oc1ccc(C(=O)N2CCC(Cn3cc4c(C)c(C(=O)NCC(F)(F)F)ccc4n3)CC2)cc1)C(F)(F)F. The topological polar surface area (TPSA) is 76.5 Å². The van der Waals surface area contributed by atoms with Crippen LogP contribution in [0.4, 0.5) is 26.3 Å². The molecule has 0 unspecified atom stereocenters. The van der Waals surface area contributed by atoms with Crippen LogP contribution in [0.2, 0.25) is 0 Å². The quantitative estimate of drug-likeness (QED) is 0.154. The number of nitrogens with zero attached hydrogens (tertiary/aromatic N) is 3. The maximum Gasteiger partial charge on any atom is 0.415 e. The first kappa shape index (κ1) is 33.3. The van der Waals surface area contributed by atoms with Gasteiger partial charge in [-0.25, -0.2) is 0 Å². The van der Waals surface area contributed by atoms with Gasteiger partial charge in [0.2, 0.25) is 0 Å². The standard InChI is InChI=1S/C32H32F6N4O3/c1-20(32(36,37)38)5-4-6-21(2)45-25-9-7-24(8-10-25)30(44)41-15-13-23(14-16-41)17-42-18-27-22(3)26(11-12-28(27)40-42)29(43)39-19-31(33,34)35/h4-12,18,23H,1,13-17,19H2,2-3H3,(H,39,43)/b5-4-,21-6+. The van der Waals surface area contributed by atoms with Crippen LogP contribution in [-0.2, 0) is 6.54 Å². The van der Waals surface area contributed by atoms with Crippen molar-refractivity contribution in [3.8, 4) is 5.75 Å². The Morgan fingerprint density at radius 2 is 1.73 bits per heavy atom. The van der Waals surface area contributed by atoms with Crippen molar-refractivity contribution >= 4 is 22.7 Å². The summed E-state index contributed by atoms with van der Waals surface area (Å²) in [5.41, 5.74) is 0.845. The number of fused-ring (bicyclic) bond motifs is 1. The van der Waals surface area contributed by atoms with Crippen molar-refractivity contribution in [1.82, 2.24) is 20.0 Å². The first-order valence-electron chi connectivity index (χ1n) is 14.1. The molecule has 4 rings (SSSR count). The highest BCUT2D eigenvalue weighted by Gasteiger charge is 2.30. The lowest BCUT2D eigenvalue weighted by Crippen LogP contribution is -2.39. The van der Waals surface area contributed by atoms with E-state index in [2.05, 4.69) is 11.7 Å². The van der Waals surface area contributed by atoms with Crippen LogP contribution >= 0.6 is 0 Å². The number of carbonyl (C=O) groups is 2. The Hall–Kier alpha value is -4.55. The van der Waals surface area contributed by atoms with Crippen molar-refractivity contribution in [3.05, 3.63) is 95.4 Å². The summed E-state index contributed by atoms with van der Waals surface area (Å²) < 4.78 is 82.5. The van der Waals surface area contributed by atoms with E-state index in [1.165, 1.54) is 18.2 Å². The number of alkyl halides is 6. The number of piperidine rings is 1. The fourth-order valence-corrected chi connectivity index (χ4v) is 4.94. The Bertz CT molecular complexity index is 1610. The zero-order valence-corrected chi connectivity index (χ0v) is 24.6. The predicted molar refractivity (Wildman–Crippen MR) is 157 cm³/mol. The third-order valence-corrected chi connectivity index (χ3v) is 7.42. The average molecular weight is 635 g/mol. The summed E-state index contributed by atoms with van der Waals surface area (Å²) in [4.78, 5) is 27.1. The van der Waals surface area contributed by atoms with Crippen LogP contribution in [0.5, 0.6) is 5.75 Å². The number of carbonyl (C=O) groups excluding carboxylic acids is 2. The van der Waals surface area contributed by atoms with Gasteiger partial charge < -0.3 is 15.0 Å². The van der Waals surface area contributed by atoms with Crippen molar-refractivity contribution in [3.63, 3.8) is 0 Å². The smallest absolute Gasteiger partial charge is 0.415 e. The summed E-state index contributed by atoms with van der Waals surface area (Å²) in [5.74, 6) is 0.101. The molecule has 3 aromatic rings. The van der Waals surface area contributed by atoms with Gasteiger partial charge in [0.15, 0.2) is 0 Å². The average Bonchev–Trinajstić information content (AvgIpc) is 3.39. The first-order valence-corrected chi connectivity index (χ1v) is 14.1. The molecule has 45 heavy (non-hydrogen) atoms. The van der Waals surface area contributed by atoms with E-state index in [-0.39, 0.29) is 17.4 Å². The van der Waals surface area contributed by atoms with Gasteiger partial charge in [-0.2, -0.15) is 31.4 Å². The molecule has 2 aromatic carbocycles. The van der Waals surface area contributed by atoms with Gasteiger partial charge in [-0.3, -0.25) is 14.3 Å². The number of hydrogen-bond donors (Lipinski definition) is 1. The van der Waals surface area contributed by atoms with Crippen molar-refractivity contribution in [2.45, 2.75) is 45.6 Å². The molecule has 1 saturated heterocycles. The number of nitrogens with one attached hydrogen (secondary N) is 1. The number of hydrogen-bond acceptors (Lipinski definition) is 4. The highest BCUT2D eigenvalue weighted by atomic mass is 19.4. The molecule has 1 aliphatic rings. The van der Waals surface area contributed by atoms with Crippen molar-refractivity contribution in [2.75, 3.05) is 19.6 Å². The summed E-state index contributed by atoms with van der Waals surface area (Å²) >= 11 is 0. The van der Waals surface area contributed by atoms with Crippen LogP contribution in [0.1, 0.15) is 46.0 Å². The van der Waals surface area contributed by atoms with Crippen molar-refractivity contribution in [2.24, 2.45) is 5.92 Å². The molecule has 0 aliphatic carbocycles. The van der Waals surface area contributed by atoms with E-state index in [0.717, 1.165) is 18.9 Å². The number of allylic oxidation sites excluding steroid dienone is 5. The van der Waals surface area contributed by atoms with Gasteiger partial charge in [0.25, 0.3) is 11.8 Å². The van der Waals surface area contributed by atoms with E-state index in [9.17, 15) is 35.9 Å². The normalized spacial score (nSPS) is 15.1. The minimum absolute atomic E-state index is 0.127. The molecule has 7 nitrogen and oxygen atoms in total. The van der Waals surface area contributed by atoms with Crippen LogP contribution < -0.4 is 10.1 Å². The van der Waals surface area contributed by atoms with E-state index >= 15 is 0 Å². The Morgan fingerprint density at radius 1 is 1.07 bits per heavy atom. The lowest BCUT2D eigenvalue weighted by atomic mass is 9.96. The second kappa shape index (κ2) is 13.6. The summed E-state index contributed by atoms with van der Waals surface area (Å²) in [6.07, 6.45) is -2.29.